The molecule has 0 amide bonds. The fourth-order valence-corrected chi connectivity index (χ4v) is 2.04. The topological polar surface area (TPSA) is 26.3 Å². The molecule has 1 aromatic rings. The number of Topliss-reactive ketones (excluding diaryl/α,β-unsaturated/α-hetero) is 1. The quantitative estimate of drug-likeness (QED) is 0.624. The lowest BCUT2D eigenvalue weighted by Crippen LogP contribution is -2.12. The van der Waals surface area contributed by atoms with Crippen LogP contribution in [0.2, 0.25) is 0 Å². The Bertz CT molecular complexity index is 476. The molecular formula is C13H12F4O2. The van der Waals surface area contributed by atoms with Crippen LogP contribution in [0.25, 0.3) is 0 Å². The minimum Gasteiger partial charge on any atom is -0.381 e. The van der Waals surface area contributed by atoms with E-state index < -0.39 is 23.3 Å². The summed E-state index contributed by atoms with van der Waals surface area (Å²) in [7, 11) is 0. The maximum absolute atomic E-state index is 13.1. The van der Waals surface area contributed by atoms with Crippen molar-refractivity contribution in [2.75, 3.05) is 13.2 Å². The summed E-state index contributed by atoms with van der Waals surface area (Å²) in [6.07, 6.45) is -3.95. The van der Waals surface area contributed by atoms with Gasteiger partial charge in [0, 0.05) is 25.2 Å². The van der Waals surface area contributed by atoms with E-state index >= 15 is 0 Å². The van der Waals surface area contributed by atoms with E-state index in [0.29, 0.717) is 25.3 Å². The second-order valence-corrected chi connectivity index (χ2v) is 4.55. The number of alkyl halides is 3. The lowest BCUT2D eigenvalue weighted by atomic mass is 9.96. The van der Waals surface area contributed by atoms with Crippen LogP contribution in [0, 0.1) is 11.7 Å². The summed E-state index contributed by atoms with van der Waals surface area (Å²) in [6, 6.07) is 2.34. The van der Waals surface area contributed by atoms with Crippen LogP contribution in [0.3, 0.4) is 0 Å². The molecule has 1 unspecified atom stereocenters. The Balaban J connectivity index is 2.18. The summed E-state index contributed by atoms with van der Waals surface area (Å²) < 4.78 is 55.8. The summed E-state index contributed by atoms with van der Waals surface area (Å²) in [5.41, 5.74) is -1.51. The van der Waals surface area contributed by atoms with Crippen molar-refractivity contribution in [1.29, 1.82) is 0 Å². The molecule has 1 aliphatic rings. The average molecular weight is 276 g/mol. The van der Waals surface area contributed by atoms with Gasteiger partial charge in [0.1, 0.15) is 5.82 Å². The Morgan fingerprint density at radius 1 is 1.37 bits per heavy atom. The molecular weight excluding hydrogens is 264 g/mol. The molecule has 104 valence electrons. The van der Waals surface area contributed by atoms with Gasteiger partial charge in [-0.05, 0) is 30.5 Å². The number of ketones is 1. The number of carbonyl (C=O) groups excluding carboxylic acids is 1. The van der Waals surface area contributed by atoms with Gasteiger partial charge in [0.15, 0.2) is 5.78 Å². The average Bonchev–Trinajstić information content (AvgIpc) is 2.80. The summed E-state index contributed by atoms with van der Waals surface area (Å²) >= 11 is 0. The SMILES string of the molecule is O=C(CC1CCOC1)c1ccc(F)c(C(F)(F)F)c1. The predicted octanol–water partition coefficient (Wildman–Crippen LogP) is 3.45. The number of benzene rings is 1. The van der Waals surface area contributed by atoms with Crippen molar-refractivity contribution >= 4 is 5.78 Å². The van der Waals surface area contributed by atoms with Crippen LogP contribution >= 0.6 is 0 Å². The van der Waals surface area contributed by atoms with Gasteiger partial charge in [-0.25, -0.2) is 4.39 Å². The van der Waals surface area contributed by atoms with E-state index in [1.54, 1.807) is 0 Å². The van der Waals surface area contributed by atoms with E-state index in [1.165, 1.54) is 0 Å². The first-order chi connectivity index (χ1) is 8.88. The van der Waals surface area contributed by atoms with Gasteiger partial charge in [-0.2, -0.15) is 13.2 Å². The number of rotatable bonds is 3. The van der Waals surface area contributed by atoms with Gasteiger partial charge in [-0.1, -0.05) is 0 Å². The molecule has 0 saturated carbocycles. The molecule has 1 saturated heterocycles. The van der Waals surface area contributed by atoms with Gasteiger partial charge < -0.3 is 4.74 Å². The van der Waals surface area contributed by atoms with Crippen molar-refractivity contribution in [2.45, 2.75) is 19.0 Å². The molecule has 6 heteroatoms. The summed E-state index contributed by atoms with van der Waals surface area (Å²) in [5, 5.41) is 0. The fraction of sp³-hybridized carbons (Fsp3) is 0.462. The number of hydrogen-bond acceptors (Lipinski definition) is 2. The number of ether oxygens (including phenoxy) is 1. The highest BCUT2D eigenvalue weighted by atomic mass is 19.4. The third-order valence-electron chi connectivity index (χ3n) is 3.09. The molecule has 0 N–H and O–H groups in total. The van der Waals surface area contributed by atoms with E-state index in [1.807, 2.05) is 0 Å². The van der Waals surface area contributed by atoms with Gasteiger partial charge in [0.05, 0.1) is 5.56 Å². The molecule has 0 spiro atoms. The zero-order chi connectivity index (χ0) is 14.0. The fourth-order valence-electron chi connectivity index (χ4n) is 2.04. The van der Waals surface area contributed by atoms with Crippen molar-refractivity contribution in [1.82, 2.24) is 0 Å². The van der Waals surface area contributed by atoms with Crippen molar-refractivity contribution in [2.24, 2.45) is 5.92 Å². The summed E-state index contributed by atoms with van der Waals surface area (Å²) in [4.78, 5) is 11.8. The van der Waals surface area contributed by atoms with Gasteiger partial charge in [-0.15, -0.1) is 0 Å². The van der Waals surface area contributed by atoms with Crippen LogP contribution in [0.5, 0.6) is 0 Å². The first-order valence-corrected chi connectivity index (χ1v) is 5.85. The van der Waals surface area contributed by atoms with Crippen LogP contribution in [0.4, 0.5) is 17.6 Å². The molecule has 1 aromatic carbocycles. The second kappa shape index (κ2) is 5.28. The third-order valence-corrected chi connectivity index (χ3v) is 3.09. The number of hydrogen-bond donors (Lipinski definition) is 0. The Labute approximate surface area is 107 Å². The van der Waals surface area contributed by atoms with Crippen LogP contribution in [-0.4, -0.2) is 19.0 Å². The highest BCUT2D eigenvalue weighted by molar-refractivity contribution is 5.96. The summed E-state index contributed by atoms with van der Waals surface area (Å²) in [5.74, 6) is -1.75. The Morgan fingerprint density at radius 3 is 2.68 bits per heavy atom. The van der Waals surface area contributed by atoms with Crippen LogP contribution < -0.4 is 0 Å². The second-order valence-electron chi connectivity index (χ2n) is 4.55. The predicted molar refractivity (Wildman–Crippen MR) is 59.3 cm³/mol. The Morgan fingerprint density at radius 2 is 2.11 bits per heavy atom. The standard InChI is InChI=1S/C13H12F4O2/c14-11-2-1-9(6-10(11)13(15,16)17)12(18)5-8-3-4-19-7-8/h1-2,6,8H,3-5,7H2. The van der Waals surface area contributed by atoms with Crippen molar-refractivity contribution < 1.29 is 27.1 Å². The first kappa shape index (κ1) is 14.0. The van der Waals surface area contributed by atoms with Crippen LogP contribution in [-0.2, 0) is 10.9 Å². The van der Waals surface area contributed by atoms with Crippen LogP contribution in [0.1, 0.15) is 28.8 Å². The molecule has 0 radical (unpaired) electrons. The monoisotopic (exact) mass is 276 g/mol. The van der Waals surface area contributed by atoms with E-state index in [0.717, 1.165) is 12.5 Å². The van der Waals surface area contributed by atoms with Gasteiger partial charge >= 0.3 is 6.18 Å². The maximum Gasteiger partial charge on any atom is 0.419 e. The molecule has 1 heterocycles. The minimum atomic E-state index is -4.79. The molecule has 19 heavy (non-hydrogen) atoms. The zero-order valence-electron chi connectivity index (χ0n) is 9.97. The van der Waals surface area contributed by atoms with Crippen molar-refractivity contribution in [3.8, 4) is 0 Å². The largest absolute Gasteiger partial charge is 0.419 e. The highest BCUT2D eigenvalue weighted by Crippen LogP contribution is 2.32. The summed E-state index contributed by atoms with van der Waals surface area (Å²) in [6.45, 7) is 1.01. The zero-order valence-corrected chi connectivity index (χ0v) is 9.97. The lowest BCUT2D eigenvalue weighted by Gasteiger charge is -2.11. The van der Waals surface area contributed by atoms with Crippen LogP contribution in [0.15, 0.2) is 18.2 Å². The minimum absolute atomic E-state index is 0.0342. The molecule has 2 nitrogen and oxygen atoms in total. The molecule has 1 atom stereocenters. The molecule has 0 aromatic heterocycles. The number of halogens is 4. The smallest absolute Gasteiger partial charge is 0.381 e. The maximum atomic E-state index is 13.1. The Hall–Kier alpha value is -1.43. The first-order valence-electron chi connectivity index (χ1n) is 5.85. The molecule has 1 fully saturated rings. The third kappa shape index (κ3) is 3.32. The normalized spacial score (nSPS) is 19.7. The van der Waals surface area contributed by atoms with Gasteiger partial charge in [0.2, 0.25) is 0 Å². The molecule has 2 rings (SSSR count). The van der Waals surface area contributed by atoms with E-state index in [9.17, 15) is 22.4 Å². The van der Waals surface area contributed by atoms with E-state index in [4.69, 9.17) is 4.74 Å². The molecule has 0 bridgehead atoms. The highest BCUT2D eigenvalue weighted by Gasteiger charge is 2.34. The van der Waals surface area contributed by atoms with E-state index in [-0.39, 0.29) is 17.9 Å². The van der Waals surface area contributed by atoms with Gasteiger partial charge in [-0.3, -0.25) is 4.79 Å². The Kier molecular flexibility index (Phi) is 3.89. The number of carbonyl (C=O) groups is 1. The van der Waals surface area contributed by atoms with Gasteiger partial charge in [0.25, 0.3) is 0 Å². The van der Waals surface area contributed by atoms with E-state index in [2.05, 4.69) is 0 Å². The van der Waals surface area contributed by atoms with Crippen molar-refractivity contribution in [3.63, 3.8) is 0 Å². The molecule has 0 aliphatic carbocycles. The molecule has 1 aliphatic heterocycles. The van der Waals surface area contributed by atoms with Crippen molar-refractivity contribution in [3.05, 3.63) is 35.1 Å². The lowest BCUT2D eigenvalue weighted by molar-refractivity contribution is -0.140.